The summed E-state index contributed by atoms with van der Waals surface area (Å²) in [6, 6.07) is 0. The highest BCUT2D eigenvalue weighted by Gasteiger charge is 2.12. The summed E-state index contributed by atoms with van der Waals surface area (Å²) in [6.07, 6.45) is 0.813. The zero-order valence-corrected chi connectivity index (χ0v) is 11.6. The number of rotatable bonds is 5. The highest BCUT2D eigenvalue weighted by Crippen LogP contribution is 2.19. The number of alkyl halides is 1. The lowest BCUT2D eigenvalue weighted by Crippen LogP contribution is -2.12. The highest BCUT2D eigenvalue weighted by molar-refractivity contribution is 9.10. The Balaban J connectivity index is 2.69. The SMILES string of the molecule is CC(C)Cc1nnc(NS(=O)(=O)CBr)s1. The van der Waals surface area contributed by atoms with Gasteiger partial charge < -0.3 is 0 Å². The van der Waals surface area contributed by atoms with E-state index in [1.165, 1.54) is 11.3 Å². The van der Waals surface area contributed by atoms with Crippen LogP contribution in [-0.2, 0) is 16.4 Å². The van der Waals surface area contributed by atoms with Gasteiger partial charge >= 0.3 is 0 Å². The lowest BCUT2D eigenvalue weighted by molar-refractivity contribution is 0.606. The van der Waals surface area contributed by atoms with Crippen LogP contribution in [0.25, 0.3) is 0 Å². The smallest absolute Gasteiger partial charge is 0.244 e. The summed E-state index contributed by atoms with van der Waals surface area (Å²) in [6.45, 7) is 4.15. The van der Waals surface area contributed by atoms with Crippen LogP contribution in [0, 0.1) is 5.92 Å². The van der Waals surface area contributed by atoms with Crippen molar-refractivity contribution in [1.29, 1.82) is 0 Å². The van der Waals surface area contributed by atoms with Crippen LogP contribution in [0.2, 0.25) is 0 Å². The van der Waals surface area contributed by atoms with Crippen LogP contribution in [0.1, 0.15) is 18.9 Å². The van der Waals surface area contributed by atoms with Crippen molar-refractivity contribution >= 4 is 42.4 Å². The topological polar surface area (TPSA) is 72.0 Å². The van der Waals surface area contributed by atoms with Gasteiger partial charge in [0.2, 0.25) is 15.2 Å². The van der Waals surface area contributed by atoms with E-state index in [0.717, 1.165) is 11.4 Å². The van der Waals surface area contributed by atoms with Crippen LogP contribution < -0.4 is 4.72 Å². The van der Waals surface area contributed by atoms with E-state index in [0.29, 0.717) is 11.0 Å². The molecule has 0 bridgehead atoms. The average Bonchev–Trinajstić information content (AvgIpc) is 2.50. The first-order valence-electron chi connectivity index (χ1n) is 4.32. The number of hydrogen-bond acceptors (Lipinski definition) is 5. The summed E-state index contributed by atoms with van der Waals surface area (Å²) < 4.78 is 24.6. The van der Waals surface area contributed by atoms with Gasteiger partial charge in [-0.2, -0.15) is 0 Å². The molecule has 1 heterocycles. The summed E-state index contributed by atoms with van der Waals surface area (Å²) in [7, 11) is -3.31. The molecule has 0 atom stereocenters. The minimum atomic E-state index is -3.31. The molecule has 1 rings (SSSR count). The number of nitrogens with zero attached hydrogens (tertiary/aromatic N) is 2. The maximum absolute atomic E-state index is 11.2. The van der Waals surface area contributed by atoms with Gasteiger partial charge in [-0.1, -0.05) is 41.1 Å². The fraction of sp³-hybridized carbons (Fsp3) is 0.714. The van der Waals surface area contributed by atoms with Crippen molar-refractivity contribution in [3.8, 4) is 0 Å². The van der Waals surface area contributed by atoms with Crippen molar-refractivity contribution in [1.82, 2.24) is 10.2 Å². The third-order valence-corrected chi connectivity index (χ3v) is 5.03. The van der Waals surface area contributed by atoms with Crippen LogP contribution in [0.4, 0.5) is 5.13 Å². The van der Waals surface area contributed by atoms with E-state index in [-0.39, 0.29) is 4.66 Å². The van der Waals surface area contributed by atoms with Gasteiger partial charge in [-0.3, -0.25) is 4.72 Å². The lowest BCUT2D eigenvalue weighted by Gasteiger charge is -1.99. The number of nitrogens with one attached hydrogen (secondary N) is 1. The Morgan fingerprint density at radius 1 is 1.47 bits per heavy atom. The Morgan fingerprint density at radius 3 is 2.67 bits per heavy atom. The van der Waals surface area contributed by atoms with Crippen molar-refractivity contribution in [3.63, 3.8) is 0 Å². The minimum Gasteiger partial charge on any atom is -0.256 e. The minimum absolute atomic E-state index is 0.140. The maximum atomic E-state index is 11.2. The standard InChI is InChI=1S/C7H12BrN3O2S2/c1-5(2)3-6-9-10-7(14-6)11-15(12,13)4-8/h5H,3-4H2,1-2H3,(H,10,11). The first-order chi connectivity index (χ1) is 6.93. The zero-order chi connectivity index (χ0) is 11.5. The Hall–Kier alpha value is -0.210. The first-order valence-corrected chi connectivity index (χ1v) is 7.91. The molecule has 0 aliphatic rings. The molecule has 1 aromatic heterocycles. The molecule has 1 aromatic rings. The summed E-state index contributed by atoms with van der Waals surface area (Å²) >= 11 is 4.15. The van der Waals surface area contributed by atoms with Crippen molar-refractivity contribution in [2.45, 2.75) is 20.3 Å². The van der Waals surface area contributed by atoms with Gasteiger partial charge in [-0.25, -0.2) is 8.42 Å². The van der Waals surface area contributed by atoms with Crippen LogP contribution >= 0.6 is 27.3 Å². The lowest BCUT2D eigenvalue weighted by atomic mass is 10.1. The summed E-state index contributed by atoms with van der Waals surface area (Å²) in [5.41, 5.74) is 0. The van der Waals surface area contributed by atoms with E-state index in [1.807, 2.05) is 0 Å². The molecule has 0 fully saturated rings. The molecule has 15 heavy (non-hydrogen) atoms. The molecule has 0 saturated heterocycles. The van der Waals surface area contributed by atoms with E-state index in [2.05, 4.69) is 44.7 Å². The summed E-state index contributed by atoms with van der Waals surface area (Å²) in [5.74, 6) is 0.485. The fourth-order valence-corrected chi connectivity index (χ4v) is 2.94. The number of aromatic nitrogens is 2. The monoisotopic (exact) mass is 313 g/mol. The number of hydrogen-bond donors (Lipinski definition) is 1. The fourth-order valence-electron chi connectivity index (χ4n) is 0.887. The molecule has 0 aromatic carbocycles. The molecule has 0 saturated carbocycles. The van der Waals surface area contributed by atoms with Crippen LogP contribution in [-0.4, -0.2) is 23.3 Å². The number of halogens is 1. The van der Waals surface area contributed by atoms with Crippen LogP contribution in [0.5, 0.6) is 0 Å². The van der Waals surface area contributed by atoms with Crippen molar-refractivity contribution in [3.05, 3.63) is 5.01 Å². The van der Waals surface area contributed by atoms with Crippen LogP contribution in [0.3, 0.4) is 0 Å². The van der Waals surface area contributed by atoms with Gasteiger partial charge in [0.15, 0.2) is 0 Å². The second-order valence-corrected chi connectivity index (χ2v) is 7.51. The molecular formula is C7H12BrN3O2S2. The zero-order valence-electron chi connectivity index (χ0n) is 8.40. The van der Waals surface area contributed by atoms with Gasteiger partial charge in [0, 0.05) is 6.42 Å². The molecule has 0 spiro atoms. The third-order valence-electron chi connectivity index (χ3n) is 1.44. The summed E-state index contributed by atoms with van der Waals surface area (Å²) in [5, 5.41) is 8.83. The quantitative estimate of drug-likeness (QED) is 0.842. The Kier molecular flexibility index (Phi) is 4.47. The number of anilines is 1. The van der Waals surface area contributed by atoms with Crippen LogP contribution in [0.15, 0.2) is 0 Å². The summed E-state index contributed by atoms with van der Waals surface area (Å²) in [4.78, 5) is 0. The highest BCUT2D eigenvalue weighted by atomic mass is 79.9. The van der Waals surface area contributed by atoms with E-state index in [1.54, 1.807) is 0 Å². The van der Waals surface area contributed by atoms with Crippen molar-refractivity contribution in [2.75, 3.05) is 9.38 Å². The normalized spacial score (nSPS) is 12.0. The molecule has 0 amide bonds. The molecule has 86 valence electrons. The number of sulfonamides is 1. The van der Waals surface area contributed by atoms with Gasteiger partial charge in [0.25, 0.3) is 0 Å². The van der Waals surface area contributed by atoms with Gasteiger partial charge in [0.05, 0.1) is 0 Å². The van der Waals surface area contributed by atoms with Crippen molar-refractivity contribution < 1.29 is 8.42 Å². The Labute approximate surface area is 101 Å². The molecule has 0 aliphatic heterocycles. The van der Waals surface area contributed by atoms with E-state index >= 15 is 0 Å². The molecular weight excluding hydrogens is 302 g/mol. The largest absolute Gasteiger partial charge is 0.256 e. The predicted molar refractivity (Wildman–Crippen MR) is 64.8 cm³/mol. The Bertz CT molecular complexity index is 416. The predicted octanol–water partition coefficient (Wildman–Crippen LogP) is 1.83. The van der Waals surface area contributed by atoms with Crippen molar-refractivity contribution in [2.24, 2.45) is 5.92 Å². The third kappa shape index (κ3) is 4.43. The average molecular weight is 314 g/mol. The molecule has 8 heteroatoms. The molecule has 1 N–H and O–H groups in total. The van der Waals surface area contributed by atoms with Gasteiger partial charge in [0.1, 0.15) is 9.67 Å². The maximum Gasteiger partial charge on any atom is 0.244 e. The molecule has 0 aliphatic carbocycles. The molecule has 0 unspecified atom stereocenters. The Morgan fingerprint density at radius 2 is 2.13 bits per heavy atom. The van der Waals surface area contributed by atoms with Gasteiger partial charge in [-0.05, 0) is 5.92 Å². The molecule has 5 nitrogen and oxygen atoms in total. The molecule has 0 radical (unpaired) electrons. The second kappa shape index (κ2) is 5.22. The van der Waals surface area contributed by atoms with E-state index in [9.17, 15) is 8.42 Å². The van der Waals surface area contributed by atoms with E-state index in [4.69, 9.17) is 0 Å². The first kappa shape index (κ1) is 12.9. The second-order valence-electron chi connectivity index (χ2n) is 3.42. The van der Waals surface area contributed by atoms with Gasteiger partial charge in [-0.15, -0.1) is 10.2 Å². The van der Waals surface area contributed by atoms with E-state index < -0.39 is 10.0 Å².